The van der Waals surface area contributed by atoms with Crippen LogP contribution in [0.15, 0.2) is 29.2 Å². The topological polar surface area (TPSA) is 72.5 Å². The first-order valence-corrected chi connectivity index (χ1v) is 9.17. The first-order chi connectivity index (χ1) is 10.7. The number of nitrogens with one attached hydrogen (secondary N) is 1. The summed E-state index contributed by atoms with van der Waals surface area (Å²) in [5, 5.41) is 0.290. The lowest BCUT2D eigenvalue weighted by Gasteiger charge is -2.07. The summed E-state index contributed by atoms with van der Waals surface area (Å²) in [6, 6.07) is 4.76. The monoisotopic (exact) mass is 377 g/mol. The zero-order valence-electron chi connectivity index (χ0n) is 12.2. The molecule has 2 rings (SSSR count). The molecule has 1 N–H and O–H groups in total. The van der Waals surface area contributed by atoms with Gasteiger partial charge >= 0.3 is 5.97 Å². The Morgan fingerprint density at radius 2 is 2.09 bits per heavy atom. The maximum atomic E-state index is 13.8. The van der Waals surface area contributed by atoms with Gasteiger partial charge in [-0.05, 0) is 43.7 Å². The molecule has 0 saturated carbocycles. The average Bonchev–Trinajstić information content (AvgIpc) is 2.78. The molecule has 0 bridgehead atoms. The van der Waals surface area contributed by atoms with Crippen LogP contribution < -0.4 is 4.72 Å². The van der Waals surface area contributed by atoms with E-state index in [2.05, 4.69) is 4.72 Å². The molecule has 0 radical (unpaired) electrons. The van der Waals surface area contributed by atoms with Gasteiger partial charge in [-0.2, -0.15) is 0 Å². The molecule has 0 atom stereocenters. The Kier molecular flexibility index (Phi) is 5.28. The number of benzene rings is 1. The normalized spacial score (nSPS) is 11.3. The fourth-order valence-corrected chi connectivity index (χ4v) is 4.28. The quantitative estimate of drug-likeness (QED) is 0.804. The van der Waals surface area contributed by atoms with E-state index in [-0.39, 0.29) is 16.6 Å². The van der Waals surface area contributed by atoms with Crippen molar-refractivity contribution in [3.63, 3.8) is 0 Å². The lowest BCUT2D eigenvalue weighted by Crippen LogP contribution is -2.13. The summed E-state index contributed by atoms with van der Waals surface area (Å²) in [4.78, 5) is 11.5. The molecular weight excluding hydrogens is 365 g/mol. The third kappa shape index (κ3) is 4.01. The van der Waals surface area contributed by atoms with Crippen molar-refractivity contribution >= 4 is 43.9 Å². The molecule has 0 unspecified atom stereocenters. The number of carbonyl (C=O) groups excluding carboxylic acids is 1. The van der Waals surface area contributed by atoms with Gasteiger partial charge in [0.15, 0.2) is 0 Å². The number of thiophene rings is 1. The molecule has 9 heteroatoms. The van der Waals surface area contributed by atoms with Gasteiger partial charge in [0.25, 0.3) is 10.0 Å². The second-order valence-electron chi connectivity index (χ2n) is 4.52. The summed E-state index contributed by atoms with van der Waals surface area (Å²) in [7, 11) is -4.13. The maximum Gasteiger partial charge on any atom is 0.348 e. The summed E-state index contributed by atoms with van der Waals surface area (Å²) >= 11 is 6.54. The molecule has 0 amide bonds. The minimum absolute atomic E-state index is 0.0954. The average molecular weight is 378 g/mol. The highest BCUT2D eigenvalue weighted by atomic mass is 35.5. The first kappa shape index (κ1) is 17.7. The molecule has 0 fully saturated rings. The van der Waals surface area contributed by atoms with Crippen LogP contribution in [0.5, 0.6) is 0 Å². The van der Waals surface area contributed by atoms with Gasteiger partial charge in [0.2, 0.25) is 0 Å². The lowest BCUT2D eigenvalue weighted by molar-refractivity contribution is 0.0531. The van der Waals surface area contributed by atoms with Gasteiger partial charge in [0, 0.05) is 5.02 Å². The number of anilines is 1. The van der Waals surface area contributed by atoms with Gasteiger partial charge in [-0.1, -0.05) is 11.6 Å². The molecule has 1 aromatic carbocycles. The van der Waals surface area contributed by atoms with E-state index >= 15 is 0 Å². The van der Waals surface area contributed by atoms with E-state index in [1.807, 2.05) is 0 Å². The van der Waals surface area contributed by atoms with Crippen LogP contribution in [0, 0.1) is 12.7 Å². The zero-order chi connectivity index (χ0) is 17.2. The van der Waals surface area contributed by atoms with Crippen LogP contribution in [0.4, 0.5) is 9.39 Å². The van der Waals surface area contributed by atoms with Crippen LogP contribution in [0.25, 0.3) is 0 Å². The van der Waals surface area contributed by atoms with Crippen LogP contribution in [0.3, 0.4) is 0 Å². The standard InChI is InChI=1S/C14H13ClFNO4S2/c1-3-21-14(18)13-8(2)6-12(22-13)17-23(19,20)11-5-4-9(15)7-10(11)16/h4-7,17H,3H2,1-2H3. The van der Waals surface area contributed by atoms with Crippen LogP contribution in [-0.4, -0.2) is 21.0 Å². The molecule has 0 aliphatic carbocycles. The van der Waals surface area contributed by atoms with E-state index < -0.39 is 26.7 Å². The molecule has 0 spiro atoms. The van der Waals surface area contributed by atoms with E-state index in [0.29, 0.717) is 10.4 Å². The Labute approximate surface area is 142 Å². The van der Waals surface area contributed by atoms with Crippen molar-refractivity contribution in [1.82, 2.24) is 0 Å². The van der Waals surface area contributed by atoms with E-state index in [0.717, 1.165) is 23.5 Å². The van der Waals surface area contributed by atoms with E-state index in [1.54, 1.807) is 13.8 Å². The number of hydrogen-bond acceptors (Lipinski definition) is 5. The number of carbonyl (C=O) groups is 1. The van der Waals surface area contributed by atoms with E-state index in [9.17, 15) is 17.6 Å². The molecule has 0 aliphatic heterocycles. The molecule has 0 saturated heterocycles. The van der Waals surface area contributed by atoms with Gasteiger partial charge in [-0.3, -0.25) is 4.72 Å². The molecule has 0 aliphatic rings. The number of rotatable bonds is 5. The fourth-order valence-electron chi connectivity index (χ4n) is 1.81. The van der Waals surface area contributed by atoms with Crippen molar-refractivity contribution in [2.75, 3.05) is 11.3 Å². The van der Waals surface area contributed by atoms with E-state index in [1.165, 1.54) is 12.1 Å². The molecule has 1 aromatic heterocycles. The van der Waals surface area contributed by atoms with Crippen molar-refractivity contribution in [2.24, 2.45) is 0 Å². The summed E-state index contributed by atoms with van der Waals surface area (Å²) in [5.41, 5.74) is 0.572. The largest absolute Gasteiger partial charge is 0.462 e. The third-order valence-corrected chi connectivity index (χ3v) is 5.69. The summed E-state index contributed by atoms with van der Waals surface area (Å²) < 4.78 is 45.4. The number of aryl methyl sites for hydroxylation is 1. The first-order valence-electron chi connectivity index (χ1n) is 6.50. The zero-order valence-corrected chi connectivity index (χ0v) is 14.6. The highest BCUT2D eigenvalue weighted by Crippen LogP contribution is 2.30. The Morgan fingerprint density at radius 3 is 2.70 bits per heavy atom. The number of ether oxygens (including phenoxy) is 1. The fraction of sp³-hybridized carbons (Fsp3) is 0.214. The number of halogens is 2. The van der Waals surface area contributed by atoms with Crippen molar-refractivity contribution < 1.29 is 22.3 Å². The Morgan fingerprint density at radius 1 is 1.39 bits per heavy atom. The van der Waals surface area contributed by atoms with Gasteiger partial charge in [-0.15, -0.1) is 11.3 Å². The molecule has 2 aromatic rings. The third-order valence-electron chi connectivity index (χ3n) is 2.80. The minimum Gasteiger partial charge on any atom is -0.462 e. The number of esters is 1. The second kappa shape index (κ2) is 6.86. The van der Waals surface area contributed by atoms with Gasteiger partial charge < -0.3 is 4.74 Å². The lowest BCUT2D eigenvalue weighted by atomic mass is 10.3. The summed E-state index contributed by atoms with van der Waals surface area (Å²) in [6.07, 6.45) is 0. The van der Waals surface area contributed by atoms with Crippen molar-refractivity contribution in [3.8, 4) is 0 Å². The van der Waals surface area contributed by atoms with Crippen molar-refractivity contribution in [1.29, 1.82) is 0 Å². The minimum atomic E-state index is -4.13. The predicted octanol–water partition coefficient (Wildman–Crippen LogP) is 3.83. The van der Waals surface area contributed by atoms with Crippen LogP contribution in [0.2, 0.25) is 5.02 Å². The SMILES string of the molecule is CCOC(=O)c1sc(NS(=O)(=O)c2ccc(Cl)cc2F)cc1C. The van der Waals surface area contributed by atoms with Gasteiger partial charge in [0.1, 0.15) is 20.6 Å². The molecule has 124 valence electrons. The molecule has 5 nitrogen and oxygen atoms in total. The second-order valence-corrected chi connectivity index (χ2v) is 7.66. The van der Waals surface area contributed by atoms with Gasteiger partial charge in [-0.25, -0.2) is 17.6 Å². The van der Waals surface area contributed by atoms with Gasteiger partial charge in [0.05, 0.1) is 6.61 Å². The van der Waals surface area contributed by atoms with Crippen LogP contribution >= 0.6 is 22.9 Å². The maximum absolute atomic E-state index is 13.8. The Hall–Kier alpha value is -1.64. The van der Waals surface area contributed by atoms with Crippen molar-refractivity contribution in [2.45, 2.75) is 18.7 Å². The van der Waals surface area contributed by atoms with E-state index in [4.69, 9.17) is 16.3 Å². The molecule has 1 heterocycles. The summed E-state index contributed by atoms with van der Waals surface area (Å²) in [5.74, 6) is -1.48. The molecular formula is C14H13ClFNO4S2. The highest BCUT2D eigenvalue weighted by Gasteiger charge is 2.22. The predicted molar refractivity (Wildman–Crippen MR) is 87.2 cm³/mol. The number of sulfonamides is 1. The van der Waals surface area contributed by atoms with Crippen LogP contribution in [0.1, 0.15) is 22.2 Å². The highest BCUT2D eigenvalue weighted by molar-refractivity contribution is 7.93. The van der Waals surface area contributed by atoms with Crippen LogP contribution in [-0.2, 0) is 14.8 Å². The smallest absolute Gasteiger partial charge is 0.348 e. The number of hydrogen-bond donors (Lipinski definition) is 1. The molecule has 23 heavy (non-hydrogen) atoms. The Balaban J connectivity index is 2.31. The van der Waals surface area contributed by atoms with Crippen molar-refractivity contribution in [3.05, 3.63) is 45.5 Å². The Bertz CT molecular complexity index is 848. The summed E-state index contributed by atoms with van der Waals surface area (Å²) in [6.45, 7) is 3.55.